The molecule has 3 aromatic rings. The molecule has 2 aromatic heterocycles. The fraction of sp³-hybridized carbons (Fsp3) is 0.304. The van der Waals surface area contributed by atoms with Crippen LogP contribution in [0.2, 0.25) is 5.02 Å². The summed E-state index contributed by atoms with van der Waals surface area (Å²) in [7, 11) is 3.36. The van der Waals surface area contributed by atoms with Gasteiger partial charge in [0.1, 0.15) is 11.5 Å². The summed E-state index contributed by atoms with van der Waals surface area (Å²) >= 11 is 6.38. The summed E-state index contributed by atoms with van der Waals surface area (Å²) in [6.07, 6.45) is 0.938. The summed E-state index contributed by atoms with van der Waals surface area (Å²) in [5, 5.41) is 3.31. The topological polar surface area (TPSA) is 74.2 Å². The molecule has 1 N–H and O–H groups in total. The van der Waals surface area contributed by atoms with E-state index in [2.05, 4.69) is 15.3 Å². The fourth-order valence-electron chi connectivity index (χ4n) is 3.71. The molecule has 0 spiro atoms. The zero-order valence-electron chi connectivity index (χ0n) is 18.5. The predicted octanol–water partition coefficient (Wildman–Crippen LogP) is 4.73. The average Bonchev–Trinajstić information content (AvgIpc) is 3.27. The number of urea groups is 1. The van der Waals surface area contributed by atoms with Crippen LogP contribution in [0.25, 0.3) is 22.5 Å². The summed E-state index contributed by atoms with van der Waals surface area (Å²) in [5.41, 5.74) is 1.14. The van der Waals surface area contributed by atoms with E-state index in [1.54, 1.807) is 32.6 Å². The van der Waals surface area contributed by atoms with Gasteiger partial charge in [0, 0.05) is 56.7 Å². The molecule has 1 saturated heterocycles. The Balaban J connectivity index is 1.69. The van der Waals surface area contributed by atoms with Crippen molar-refractivity contribution in [1.29, 1.82) is 0 Å². The van der Waals surface area contributed by atoms with E-state index in [1.165, 1.54) is 23.2 Å². The molecule has 0 unspecified atom stereocenters. The van der Waals surface area contributed by atoms with Crippen molar-refractivity contribution in [2.45, 2.75) is 18.6 Å². The van der Waals surface area contributed by atoms with Gasteiger partial charge in [-0.3, -0.25) is 9.97 Å². The number of pyridine rings is 1. The number of halogens is 4. The van der Waals surface area contributed by atoms with Crippen LogP contribution in [0.1, 0.15) is 12.0 Å². The lowest BCUT2D eigenvalue weighted by Gasteiger charge is -2.21. The molecule has 1 fully saturated rings. The monoisotopic (exact) mass is 490 g/mol. The molecule has 3 heterocycles. The van der Waals surface area contributed by atoms with E-state index < -0.39 is 11.7 Å². The van der Waals surface area contributed by atoms with Crippen LogP contribution in [0, 0.1) is 0 Å². The molecule has 7 nitrogen and oxygen atoms in total. The van der Waals surface area contributed by atoms with E-state index in [-0.39, 0.29) is 12.1 Å². The lowest BCUT2D eigenvalue weighted by atomic mass is 10.0. The second-order valence-electron chi connectivity index (χ2n) is 8.13. The standard InChI is InChI=1S/C23H22ClF3N6O/c1-32(2)22(34)30-16-8-10-33(13-16)19-12-29-20(14-3-5-15(6-4-14)23(25,26)27)21(31-19)17-7-9-28-11-18(17)24/h3-7,9,11-12,16H,8,10,13H2,1-2H3,(H,30,34)/t16-/m0/s1. The summed E-state index contributed by atoms with van der Waals surface area (Å²) < 4.78 is 39.0. The fourth-order valence-corrected chi connectivity index (χ4v) is 3.91. The number of alkyl halides is 3. The second-order valence-corrected chi connectivity index (χ2v) is 8.54. The number of amides is 2. The molecular weight excluding hydrogens is 469 g/mol. The van der Waals surface area contributed by atoms with Crippen molar-refractivity contribution in [1.82, 2.24) is 25.2 Å². The number of carbonyl (C=O) groups is 1. The lowest BCUT2D eigenvalue weighted by Crippen LogP contribution is -2.42. The van der Waals surface area contributed by atoms with Crippen molar-refractivity contribution in [3.63, 3.8) is 0 Å². The molecule has 11 heteroatoms. The first-order valence-electron chi connectivity index (χ1n) is 10.5. The van der Waals surface area contributed by atoms with Crippen LogP contribution in [-0.4, -0.2) is 59.1 Å². The third-order valence-electron chi connectivity index (χ3n) is 5.52. The molecule has 1 aliphatic rings. The molecule has 1 aliphatic heterocycles. The smallest absolute Gasteiger partial charge is 0.353 e. The summed E-state index contributed by atoms with van der Waals surface area (Å²) in [5.74, 6) is 0.583. The Bertz CT molecular complexity index is 1190. The minimum Gasteiger partial charge on any atom is -0.353 e. The number of carbonyl (C=O) groups excluding carboxylic acids is 1. The molecule has 1 aromatic carbocycles. The van der Waals surface area contributed by atoms with Gasteiger partial charge in [0.25, 0.3) is 0 Å². The van der Waals surface area contributed by atoms with Crippen LogP contribution >= 0.6 is 11.6 Å². The maximum Gasteiger partial charge on any atom is 0.416 e. The van der Waals surface area contributed by atoms with E-state index in [1.807, 2.05) is 4.90 Å². The average molecular weight is 491 g/mol. The number of benzene rings is 1. The first-order valence-corrected chi connectivity index (χ1v) is 10.9. The molecule has 0 radical (unpaired) electrons. The van der Waals surface area contributed by atoms with E-state index in [0.717, 1.165) is 18.6 Å². The Kier molecular flexibility index (Phi) is 6.60. The largest absolute Gasteiger partial charge is 0.416 e. The lowest BCUT2D eigenvalue weighted by molar-refractivity contribution is -0.137. The second kappa shape index (κ2) is 9.46. The third-order valence-corrected chi connectivity index (χ3v) is 5.82. The van der Waals surface area contributed by atoms with E-state index in [0.29, 0.717) is 46.4 Å². The minimum atomic E-state index is -4.43. The highest BCUT2D eigenvalue weighted by Crippen LogP contribution is 2.36. The summed E-state index contributed by atoms with van der Waals surface area (Å²) in [4.78, 5) is 28.8. The van der Waals surface area contributed by atoms with Crippen LogP contribution < -0.4 is 10.2 Å². The highest BCUT2D eigenvalue weighted by molar-refractivity contribution is 6.33. The Labute approximate surface area is 199 Å². The first kappa shape index (κ1) is 23.7. The van der Waals surface area contributed by atoms with Crippen LogP contribution in [0.3, 0.4) is 0 Å². The molecule has 4 rings (SSSR count). The third kappa shape index (κ3) is 5.06. The van der Waals surface area contributed by atoms with E-state index >= 15 is 0 Å². The molecule has 2 amide bonds. The van der Waals surface area contributed by atoms with Crippen molar-refractivity contribution < 1.29 is 18.0 Å². The van der Waals surface area contributed by atoms with Crippen LogP contribution in [0.4, 0.5) is 23.8 Å². The summed E-state index contributed by atoms with van der Waals surface area (Å²) in [6.45, 7) is 1.22. The maximum absolute atomic E-state index is 13.0. The van der Waals surface area contributed by atoms with Gasteiger partial charge in [-0.15, -0.1) is 0 Å². The van der Waals surface area contributed by atoms with Gasteiger partial charge in [-0.1, -0.05) is 23.7 Å². The highest BCUT2D eigenvalue weighted by Gasteiger charge is 2.30. The molecule has 0 saturated carbocycles. The number of rotatable bonds is 4. The number of hydrogen-bond donors (Lipinski definition) is 1. The van der Waals surface area contributed by atoms with Crippen molar-refractivity contribution in [3.8, 4) is 22.5 Å². The zero-order chi connectivity index (χ0) is 24.5. The summed E-state index contributed by atoms with van der Waals surface area (Å²) in [6, 6.07) is 6.25. The zero-order valence-corrected chi connectivity index (χ0v) is 19.2. The molecule has 1 atom stereocenters. The number of anilines is 1. The maximum atomic E-state index is 13.0. The van der Waals surface area contributed by atoms with Crippen molar-refractivity contribution in [2.75, 3.05) is 32.1 Å². The number of nitrogens with one attached hydrogen (secondary N) is 1. The Morgan fingerprint density at radius 1 is 1.15 bits per heavy atom. The van der Waals surface area contributed by atoms with E-state index in [4.69, 9.17) is 16.6 Å². The normalized spacial score (nSPS) is 15.9. The van der Waals surface area contributed by atoms with Crippen LogP contribution in [0.15, 0.2) is 48.9 Å². The van der Waals surface area contributed by atoms with Crippen LogP contribution in [0.5, 0.6) is 0 Å². The highest BCUT2D eigenvalue weighted by atomic mass is 35.5. The predicted molar refractivity (Wildman–Crippen MR) is 124 cm³/mol. The van der Waals surface area contributed by atoms with Crippen molar-refractivity contribution >= 4 is 23.4 Å². The van der Waals surface area contributed by atoms with Gasteiger partial charge in [-0.2, -0.15) is 13.2 Å². The number of hydrogen-bond acceptors (Lipinski definition) is 5. The SMILES string of the molecule is CN(C)C(=O)N[C@H]1CCN(c2cnc(-c3ccc(C(F)(F)F)cc3)c(-c3ccncc3Cl)n2)C1. The van der Waals surface area contributed by atoms with Gasteiger partial charge in [0.2, 0.25) is 0 Å². The Morgan fingerprint density at radius 2 is 1.88 bits per heavy atom. The molecular formula is C23H22ClF3N6O. The molecule has 178 valence electrons. The van der Waals surface area contributed by atoms with Gasteiger partial charge in [0.05, 0.1) is 22.5 Å². The van der Waals surface area contributed by atoms with Gasteiger partial charge < -0.3 is 15.1 Å². The van der Waals surface area contributed by atoms with Crippen molar-refractivity contribution in [2.24, 2.45) is 0 Å². The van der Waals surface area contributed by atoms with Gasteiger partial charge >= 0.3 is 12.2 Å². The minimum absolute atomic E-state index is 0.0424. The Hall–Kier alpha value is -3.40. The number of aromatic nitrogens is 3. The number of nitrogens with zero attached hydrogens (tertiary/aromatic N) is 5. The van der Waals surface area contributed by atoms with Crippen LogP contribution in [-0.2, 0) is 6.18 Å². The molecule has 0 bridgehead atoms. The molecule has 34 heavy (non-hydrogen) atoms. The quantitative estimate of drug-likeness (QED) is 0.572. The van der Waals surface area contributed by atoms with E-state index in [9.17, 15) is 18.0 Å². The Morgan fingerprint density at radius 3 is 2.53 bits per heavy atom. The van der Waals surface area contributed by atoms with Crippen molar-refractivity contribution in [3.05, 3.63) is 59.5 Å². The van der Waals surface area contributed by atoms with Gasteiger partial charge in [-0.05, 0) is 24.6 Å². The van der Waals surface area contributed by atoms with Gasteiger partial charge in [0.15, 0.2) is 0 Å². The first-order chi connectivity index (χ1) is 16.1. The van der Waals surface area contributed by atoms with Gasteiger partial charge in [-0.25, -0.2) is 9.78 Å². The molecule has 0 aliphatic carbocycles.